The zero-order valence-electron chi connectivity index (χ0n) is 6.00. The van der Waals surface area contributed by atoms with E-state index in [2.05, 4.69) is 26.0 Å². The first-order chi connectivity index (χ1) is 5.27. The maximum atomic E-state index is 5.42. The molecule has 0 unspecified atom stereocenters. The molecule has 60 valence electrons. The van der Waals surface area contributed by atoms with Crippen molar-refractivity contribution in [1.29, 1.82) is 0 Å². The molecule has 0 saturated heterocycles. The minimum atomic E-state index is 0.351. The first-order valence-electron chi connectivity index (χ1n) is 3.65. The van der Waals surface area contributed by atoms with Crippen LogP contribution in [0.2, 0.25) is 0 Å². The van der Waals surface area contributed by atoms with Crippen molar-refractivity contribution in [2.24, 2.45) is 0 Å². The molecule has 0 aromatic carbocycles. The number of aromatic nitrogens is 3. The first-order valence-corrected chi connectivity index (χ1v) is 4.44. The number of anilines is 1. The Hall–Kier alpha value is -0.580. The number of nitrogens with zero attached hydrogens (tertiary/aromatic N) is 3. The number of nitrogens with two attached hydrogens (primary N) is 1. The van der Waals surface area contributed by atoms with Crippen LogP contribution < -0.4 is 5.73 Å². The molecule has 1 aromatic rings. The van der Waals surface area contributed by atoms with Crippen molar-refractivity contribution in [2.75, 3.05) is 5.73 Å². The Kier molecular flexibility index (Phi) is 1.60. The molecule has 2 rings (SSSR count). The molecule has 0 bridgehead atoms. The van der Waals surface area contributed by atoms with Crippen molar-refractivity contribution in [3.63, 3.8) is 0 Å². The number of nitrogen functional groups attached to an aromatic ring is 1. The molecule has 1 aromatic heterocycles. The fraction of sp³-hybridized carbons (Fsp3) is 0.667. The summed E-state index contributed by atoms with van der Waals surface area (Å²) in [5, 5.41) is 4.07. The number of hydrogen-bond donors (Lipinski definition) is 1. The van der Waals surface area contributed by atoms with E-state index in [1.807, 2.05) is 4.68 Å². The maximum absolute atomic E-state index is 5.42. The molecule has 0 amide bonds. The normalized spacial score (nSPS) is 18.3. The fourth-order valence-corrected chi connectivity index (χ4v) is 1.73. The molecule has 11 heavy (non-hydrogen) atoms. The summed E-state index contributed by atoms with van der Waals surface area (Å²) in [4.78, 5) is 3.96. The number of rotatable bonds is 1. The smallest absolute Gasteiger partial charge is 0.240 e. The Labute approximate surface area is 72.9 Å². The quantitative estimate of drug-likeness (QED) is 0.772. The van der Waals surface area contributed by atoms with Crippen molar-refractivity contribution >= 4 is 21.9 Å². The standard InChI is InChI=1S/C6H9BrN4/c7-5-9-6(8)10-11(5)4-2-1-3-4/h4H,1-3H2,(H2,8,10). The van der Waals surface area contributed by atoms with Gasteiger partial charge in [-0.2, -0.15) is 4.98 Å². The number of halogens is 1. The van der Waals surface area contributed by atoms with Gasteiger partial charge in [0.1, 0.15) is 0 Å². The molecule has 4 nitrogen and oxygen atoms in total. The van der Waals surface area contributed by atoms with Gasteiger partial charge in [-0.15, -0.1) is 5.10 Å². The predicted molar refractivity (Wildman–Crippen MR) is 45.0 cm³/mol. The molecule has 1 aliphatic rings. The molecule has 1 aliphatic carbocycles. The average Bonchev–Trinajstić information content (AvgIpc) is 2.07. The van der Waals surface area contributed by atoms with Crippen LogP contribution in [0.1, 0.15) is 25.3 Å². The molecule has 5 heteroatoms. The van der Waals surface area contributed by atoms with E-state index >= 15 is 0 Å². The molecule has 0 atom stereocenters. The van der Waals surface area contributed by atoms with Crippen molar-refractivity contribution in [3.05, 3.63) is 4.73 Å². The van der Waals surface area contributed by atoms with E-state index in [0.717, 1.165) is 4.73 Å². The monoisotopic (exact) mass is 216 g/mol. The Morgan fingerprint density at radius 3 is 2.64 bits per heavy atom. The van der Waals surface area contributed by atoms with E-state index in [4.69, 9.17) is 5.73 Å². The summed E-state index contributed by atoms with van der Waals surface area (Å²) in [6.07, 6.45) is 3.68. The van der Waals surface area contributed by atoms with Gasteiger partial charge in [0.15, 0.2) is 4.73 Å². The summed E-state index contributed by atoms with van der Waals surface area (Å²) in [7, 11) is 0. The highest BCUT2D eigenvalue weighted by molar-refractivity contribution is 9.10. The van der Waals surface area contributed by atoms with Gasteiger partial charge in [-0.3, -0.25) is 0 Å². The van der Waals surface area contributed by atoms with Gasteiger partial charge in [-0.25, -0.2) is 4.68 Å². The van der Waals surface area contributed by atoms with Crippen LogP contribution in [0, 0.1) is 0 Å². The van der Waals surface area contributed by atoms with E-state index in [1.54, 1.807) is 0 Å². The van der Waals surface area contributed by atoms with Crippen LogP contribution in [-0.2, 0) is 0 Å². The minimum Gasteiger partial charge on any atom is -0.366 e. The highest BCUT2D eigenvalue weighted by atomic mass is 79.9. The van der Waals surface area contributed by atoms with E-state index in [1.165, 1.54) is 19.3 Å². The van der Waals surface area contributed by atoms with E-state index < -0.39 is 0 Å². The topological polar surface area (TPSA) is 56.7 Å². The minimum absolute atomic E-state index is 0.351. The van der Waals surface area contributed by atoms with Gasteiger partial charge in [0.2, 0.25) is 5.95 Å². The highest BCUT2D eigenvalue weighted by Gasteiger charge is 2.22. The Morgan fingerprint density at radius 1 is 1.55 bits per heavy atom. The summed E-state index contributed by atoms with van der Waals surface area (Å²) < 4.78 is 2.61. The molecule has 2 N–H and O–H groups in total. The third-order valence-corrected chi connectivity index (χ3v) is 2.57. The molecule has 0 aliphatic heterocycles. The number of hydrogen-bond acceptors (Lipinski definition) is 3. The highest BCUT2D eigenvalue weighted by Crippen LogP contribution is 2.32. The molecule has 0 spiro atoms. The van der Waals surface area contributed by atoms with Crippen LogP contribution in [-0.4, -0.2) is 14.8 Å². The second kappa shape index (κ2) is 2.48. The van der Waals surface area contributed by atoms with Crippen LogP contribution in [0.5, 0.6) is 0 Å². The lowest BCUT2D eigenvalue weighted by molar-refractivity contribution is 0.284. The predicted octanol–water partition coefficient (Wildman–Crippen LogP) is 1.35. The average molecular weight is 217 g/mol. The van der Waals surface area contributed by atoms with Crippen LogP contribution >= 0.6 is 15.9 Å². The van der Waals surface area contributed by atoms with Crippen LogP contribution in [0.4, 0.5) is 5.95 Å². The van der Waals surface area contributed by atoms with E-state index in [0.29, 0.717) is 12.0 Å². The summed E-state index contributed by atoms with van der Waals surface area (Å²) >= 11 is 3.30. The van der Waals surface area contributed by atoms with Gasteiger partial charge >= 0.3 is 0 Å². The Bertz CT molecular complexity index is 266. The summed E-state index contributed by atoms with van der Waals surface area (Å²) in [6.45, 7) is 0. The molecule has 1 heterocycles. The third kappa shape index (κ3) is 1.13. The summed E-state index contributed by atoms with van der Waals surface area (Å²) in [6, 6.07) is 0.522. The fourth-order valence-electron chi connectivity index (χ4n) is 1.18. The third-order valence-electron chi connectivity index (χ3n) is 2.03. The second-order valence-electron chi connectivity index (χ2n) is 2.77. The lowest BCUT2D eigenvalue weighted by Gasteiger charge is -2.25. The van der Waals surface area contributed by atoms with Crippen molar-refractivity contribution in [1.82, 2.24) is 14.8 Å². The van der Waals surface area contributed by atoms with E-state index in [-0.39, 0.29) is 0 Å². The zero-order valence-corrected chi connectivity index (χ0v) is 7.58. The largest absolute Gasteiger partial charge is 0.366 e. The van der Waals surface area contributed by atoms with Crippen molar-refractivity contribution < 1.29 is 0 Å². The Morgan fingerprint density at radius 2 is 2.27 bits per heavy atom. The lowest BCUT2D eigenvalue weighted by Crippen LogP contribution is -2.18. The van der Waals surface area contributed by atoms with Crippen LogP contribution in [0.3, 0.4) is 0 Å². The van der Waals surface area contributed by atoms with Crippen LogP contribution in [0.15, 0.2) is 4.73 Å². The molecule has 0 radical (unpaired) electrons. The van der Waals surface area contributed by atoms with Gasteiger partial charge in [-0.1, -0.05) is 0 Å². The van der Waals surface area contributed by atoms with Crippen molar-refractivity contribution in [2.45, 2.75) is 25.3 Å². The van der Waals surface area contributed by atoms with Gasteiger partial charge in [0, 0.05) is 0 Å². The molecular formula is C6H9BrN4. The summed E-state index contributed by atoms with van der Waals surface area (Å²) in [5.74, 6) is 0.351. The SMILES string of the molecule is Nc1nc(Br)n(C2CCC2)n1. The Balaban J connectivity index is 2.28. The summed E-state index contributed by atoms with van der Waals surface area (Å²) in [5.41, 5.74) is 5.42. The van der Waals surface area contributed by atoms with Gasteiger partial charge < -0.3 is 5.73 Å². The van der Waals surface area contributed by atoms with Crippen molar-refractivity contribution in [3.8, 4) is 0 Å². The van der Waals surface area contributed by atoms with E-state index in [9.17, 15) is 0 Å². The van der Waals surface area contributed by atoms with Gasteiger partial charge in [0.05, 0.1) is 6.04 Å². The maximum Gasteiger partial charge on any atom is 0.240 e. The zero-order chi connectivity index (χ0) is 7.84. The first kappa shape index (κ1) is 7.09. The van der Waals surface area contributed by atoms with Crippen LogP contribution in [0.25, 0.3) is 0 Å². The molecule has 1 saturated carbocycles. The second-order valence-corrected chi connectivity index (χ2v) is 3.48. The van der Waals surface area contributed by atoms with Gasteiger partial charge in [-0.05, 0) is 35.2 Å². The molecular weight excluding hydrogens is 208 g/mol. The van der Waals surface area contributed by atoms with Gasteiger partial charge in [0.25, 0.3) is 0 Å². The molecule has 1 fully saturated rings. The lowest BCUT2D eigenvalue weighted by atomic mass is 9.94.